The standard InChI is InChI=1S/C21H26ClNO2/c1-16(2)25-20-10-8-18(9-11-20)19(12-13-23-21(24)15-22)14-17-6-4-3-5-7-17/h3-11,16,19H,12-15H2,1-2H3,(H,23,24)/t19-/m0/s1. The first kappa shape index (κ1) is 19.3. The fourth-order valence-electron chi connectivity index (χ4n) is 2.81. The molecule has 0 aromatic heterocycles. The minimum atomic E-state index is -0.124. The highest BCUT2D eigenvalue weighted by Gasteiger charge is 2.13. The summed E-state index contributed by atoms with van der Waals surface area (Å²) in [6, 6.07) is 18.7. The van der Waals surface area contributed by atoms with Crippen LogP contribution in [0.1, 0.15) is 37.3 Å². The van der Waals surface area contributed by atoms with Crippen molar-refractivity contribution in [2.45, 2.75) is 38.7 Å². The third-order valence-corrected chi connectivity index (χ3v) is 4.23. The Kier molecular flexibility index (Phi) is 7.80. The van der Waals surface area contributed by atoms with Gasteiger partial charge in [0.15, 0.2) is 0 Å². The summed E-state index contributed by atoms with van der Waals surface area (Å²) in [6.07, 6.45) is 1.96. The number of rotatable bonds is 9. The summed E-state index contributed by atoms with van der Waals surface area (Å²) < 4.78 is 5.72. The molecule has 0 fully saturated rings. The first-order valence-electron chi connectivity index (χ1n) is 8.71. The maximum atomic E-state index is 11.4. The summed E-state index contributed by atoms with van der Waals surface area (Å²) in [5.41, 5.74) is 2.54. The normalized spacial score (nSPS) is 12.0. The van der Waals surface area contributed by atoms with E-state index in [1.807, 2.05) is 32.0 Å². The van der Waals surface area contributed by atoms with Gasteiger partial charge in [-0.3, -0.25) is 4.79 Å². The number of carbonyl (C=O) groups is 1. The van der Waals surface area contributed by atoms with E-state index in [9.17, 15) is 4.79 Å². The van der Waals surface area contributed by atoms with Gasteiger partial charge in [0.25, 0.3) is 0 Å². The second-order valence-electron chi connectivity index (χ2n) is 6.39. The molecule has 0 radical (unpaired) electrons. The van der Waals surface area contributed by atoms with Gasteiger partial charge in [0.1, 0.15) is 11.6 Å². The lowest BCUT2D eigenvalue weighted by atomic mass is 9.89. The fourth-order valence-corrected chi connectivity index (χ4v) is 2.90. The lowest BCUT2D eigenvalue weighted by Crippen LogP contribution is -2.26. The molecule has 1 N–H and O–H groups in total. The first-order valence-corrected chi connectivity index (χ1v) is 9.25. The van der Waals surface area contributed by atoms with Crippen molar-refractivity contribution < 1.29 is 9.53 Å². The average molecular weight is 360 g/mol. The quantitative estimate of drug-likeness (QED) is 0.667. The molecule has 0 aliphatic carbocycles. The molecular weight excluding hydrogens is 334 g/mol. The van der Waals surface area contributed by atoms with E-state index in [4.69, 9.17) is 16.3 Å². The van der Waals surface area contributed by atoms with Crippen LogP contribution in [-0.2, 0) is 11.2 Å². The molecule has 3 nitrogen and oxygen atoms in total. The van der Waals surface area contributed by atoms with Crippen LogP contribution in [0, 0.1) is 0 Å². The second-order valence-corrected chi connectivity index (χ2v) is 6.66. The number of nitrogens with one attached hydrogen (secondary N) is 1. The lowest BCUT2D eigenvalue weighted by Gasteiger charge is -2.19. The average Bonchev–Trinajstić information content (AvgIpc) is 2.62. The van der Waals surface area contributed by atoms with E-state index in [1.54, 1.807) is 0 Å². The molecule has 0 spiro atoms. The molecule has 0 heterocycles. The van der Waals surface area contributed by atoms with Crippen LogP contribution in [0.3, 0.4) is 0 Å². The van der Waals surface area contributed by atoms with Gasteiger partial charge in [-0.2, -0.15) is 0 Å². The Hall–Kier alpha value is -2.00. The first-order chi connectivity index (χ1) is 12.1. The van der Waals surface area contributed by atoms with Crippen LogP contribution in [0.25, 0.3) is 0 Å². The summed E-state index contributed by atoms with van der Waals surface area (Å²) in [5.74, 6) is 1.09. The number of carbonyl (C=O) groups excluding carboxylic acids is 1. The van der Waals surface area contributed by atoms with Gasteiger partial charge in [-0.1, -0.05) is 42.5 Å². The zero-order valence-corrected chi connectivity index (χ0v) is 15.6. The van der Waals surface area contributed by atoms with E-state index in [0.717, 1.165) is 18.6 Å². The summed E-state index contributed by atoms with van der Waals surface area (Å²) in [5, 5.41) is 2.86. The van der Waals surface area contributed by atoms with Gasteiger partial charge >= 0.3 is 0 Å². The van der Waals surface area contributed by atoms with Crippen molar-refractivity contribution in [1.29, 1.82) is 0 Å². The van der Waals surface area contributed by atoms with E-state index < -0.39 is 0 Å². The van der Waals surface area contributed by atoms with Gasteiger partial charge < -0.3 is 10.1 Å². The van der Waals surface area contributed by atoms with Crippen molar-refractivity contribution in [2.75, 3.05) is 12.4 Å². The third kappa shape index (κ3) is 6.79. The Morgan fingerprint density at radius 1 is 1.08 bits per heavy atom. The van der Waals surface area contributed by atoms with Gasteiger partial charge in [-0.15, -0.1) is 11.6 Å². The molecule has 2 aromatic carbocycles. The Balaban J connectivity index is 2.08. The molecule has 0 unspecified atom stereocenters. The van der Waals surface area contributed by atoms with Gasteiger partial charge in [-0.05, 0) is 55.9 Å². The summed E-state index contributed by atoms with van der Waals surface area (Å²) in [6.45, 7) is 4.66. The summed E-state index contributed by atoms with van der Waals surface area (Å²) in [4.78, 5) is 11.4. The van der Waals surface area contributed by atoms with Crippen LogP contribution in [-0.4, -0.2) is 24.4 Å². The number of hydrogen-bond donors (Lipinski definition) is 1. The van der Waals surface area contributed by atoms with Crippen LogP contribution in [0.4, 0.5) is 0 Å². The number of alkyl halides is 1. The molecule has 0 saturated carbocycles. The maximum Gasteiger partial charge on any atom is 0.234 e. The van der Waals surface area contributed by atoms with Gasteiger partial charge in [0.05, 0.1) is 6.10 Å². The predicted octanol–water partition coefficient (Wildman–Crippen LogP) is 4.55. The Bertz CT molecular complexity index is 641. The highest BCUT2D eigenvalue weighted by molar-refractivity contribution is 6.27. The van der Waals surface area contributed by atoms with E-state index in [1.165, 1.54) is 11.1 Å². The van der Waals surface area contributed by atoms with E-state index >= 15 is 0 Å². The Labute approximate surface area is 155 Å². The topological polar surface area (TPSA) is 38.3 Å². The zero-order valence-electron chi connectivity index (χ0n) is 14.9. The van der Waals surface area contributed by atoms with Crippen LogP contribution < -0.4 is 10.1 Å². The van der Waals surface area contributed by atoms with Crippen LogP contribution in [0.15, 0.2) is 54.6 Å². The molecule has 134 valence electrons. The molecule has 2 rings (SSSR count). The molecule has 0 bridgehead atoms. The van der Waals surface area contributed by atoms with Crippen molar-refractivity contribution in [3.8, 4) is 5.75 Å². The minimum Gasteiger partial charge on any atom is -0.491 e. The number of benzene rings is 2. The van der Waals surface area contributed by atoms with Crippen molar-refractivity contribution in [3.05, 3.63) is 65.7 Å². The Morgan fingerprint density at radius 2 is 1.76 bits per heavy atom. The molecule has 1 atom stereocenters. The number of amides is 1. The number of ether oxygens (including phenoxy) is 1. The molecule has 0 aliphatic rings. The molecule has 0 aliphatic heterocycles. The SMILES string of the molecule is CC(C)Oc1ccc([C@@H](CCNC(=O)CCl)Cc2ccccc2)cc1. The van der Waals surface area contributed by atoms with Crippen LogP contribution in [0.5, 0.6) is 5.75 Å². The second kappa shape index (κ2) is 10.1. The van der Waals surface area contributed by atoms with E-state index in [0.29, 0.717) is 12.5 Å². The van der Waals surface area contributed by atoms with Crippen molar-refractivity contribution >= 4 is 17.5 Å². The maximum absolute atomic E-state index is 11.4. The molecule has 0 saturated heterocycles. The van der Waals surface area contributed by atoms with Gasteiger partial charge in [0.2, 0.25) is 5.91 Å². The number of halogens is 1. The van der Waals surface area contributed by atoms with Gasteiger partial charge in [0, 0.05) is 6.54 Å². The molecule has 4 heteroatoms. The lowest BCUT2D eigenvalue weighted by molar-refractivity contribution is -0.118. The molecule has 1 amide bonds. The predicted molar refractivity (Wildman–Crippen MR) is 103 cm³/mol. The largest absolute Gasteiger partial charge is 0.491 e. The smallest absolute Gasteiger partial charge is 0.234 e. The van der Waals surface area contributed by atoms with Gasteiger partial charge in [-0.25, -0.2) is 0 Å². The Morgan fingerprint density at radius 3 is 2.36 bits per heavy atom. The van der Waals surface area contributed by atoms with Crippen LogP contribution in [0.2, 0.25) is 0 Å². The van der Waals surface area contributed by atoms with Crippen molar-refractivity contribution in [1.82, 2.24) is 5.32 Å². The van der Waals surface area contributed by atoms with E-state index in [2.05, 4.69) is 41.7 Å². The minimum absolute atomic E-state index is 0.00455. The zero-order chi connectivity index (χ0) is 18.1. The van der Waals surface area contributed by atoms with Crippen LogP contribution >= 0.6 is 11.6 Å². The summed E-state index contributed by atoms with van der Waals surface area (Å²) in [7, 11) is 0. The highest BCUT2D eigenvalue weighted by Crippen LogP contribution is 2.26. The summed E-state index contributed by atoms with van der Waals surface area (Å²) >= 11 is 5.55. The van der Waals surface area contributed by atoms with E-state index in [-0.39, 0.29) is 17.9 Å². The molecular formula is C21H26ClNO2. The van der Waals surface area contributed by atoms with Crippen molar-refractivity contribution in [2.24, 2.45) is 0 Å². The molecule has 2 aromatic rings. The molecule has 25 heavy (non-hydrogen) atoms. The highest BCUT2D eigenvalue weighted by atomic mass is 35.5. The van der Waals surface area contributed by atoms with Crippen molar-refractivity contribution in [3.63, 3.8) is 0 Å². The fraction of sp³-hybridized carbons (Fsp3) is 0.381. The monoisotopic (exact) mass is 359 g/mol. The number of hydrogen-bond acceptors (Lipinski definition) is 2. The third-order valence-electron chi connectivity index (χ3n) is 3.98.